The summed E-state index contributed by atoms with van der Waals surface area (Å²) in [6, 6.07) is 12.9. The van der Waals surface area contributed by atoms with Crippen molar-refractivity contribution in [1.29, 1.82) is 0 Å². The third-order valence-corrected chi connectivity index (χ3v) is 7.50. The molecule has 29 heavy (non-hydrogen) atoms. The summed E-state index contributed by atoms with van der Waals surface area (Å²) in [5.41, 5.74) is 4.71. The minimum absolute atomic E-state index is 0.0199. The van der Waals surface area contributed by atoms with Crippen LogP contribution in [0.5, 0.6) is 0 Å². The Hall–Kier alpha value is -2.18. The van der Waals surface area contributed by atoms with Crippen LogP contribution in [0.4, 0.5) is 0 Å². The molecule has 1 aliphatic heterocycles. The van der Waals surface area contributed by atoms with E-state index in [1.54, 1.807) is 28.6 Å². The predicted octanol–water partition coefficient (Wildman–Crippen LogP) is 4.11. The lowest BCUT2D eigenvalue weighted by atomic mass is 10.0. The van der Waals surface area contributed by atoms with Crippen LogP contribution in [0.2, 0.25) is 0 Å². The molecule has 1 atom stereocenters. The molecule has 0 radical (unpaired) electrons. The van der Waals surface area contributed by atoms with Gasteiger partial charge in [-0.2, -0.15) is 0 Å². The first-order valence-corrected chi connectivity index (χ1v) is 11.8. The summed E-state index contributed by atoms with van der Waals surface area (Å²) < 4.78 is 26.7. The van der Waals surface area contributed by atoms with E-state index >= 15 is 0 Å². The lowest BCUT2D eigenvalue weighted by Gasteiger charge is -2.25. The summed E-state index contributed by atoms with van der Waals surface area (Å²) in [5, 5.41) is 3.01. The number of sulfonamides is 1. The second kappa shape index (κ2) is 9.09. The van der Waals surface area contributed by atoms with Crippen molar-refractivity contribution in [3.63, 3.8) is 0 Å². The molecule has 0 bridgehead atoms. The van der Waals surface area contributed by atoms with Crippen molar-refractivity contribution in [2.75, 3.05) is 13.1 Å². The Kier molecular flexibility index (Phi) is 6.75. The third kappa shape index (κ3) is 5.46. The first-order chi connectivity index (χ1) is 13.8. The standard InChI is InChI=1S/C23H30N2O3S/c1-17-7-10-22(15-18(17)2)19(3)24-23(26)21-11-8-20(9-12-21)16-29(27,28)25-13-5-4-6-14-25/h7-12,15,19H,4-6,13-14,16H2,1-3H3,(H,24,26)/t19-/m0/s1. The van der Waals surface area contributed by atoms with Crippen LogP contribution in [0.1, 0.15) is 64.8 Å². The molecule has 3 rings (SSSR count). The van der Waals surface area contributed by atoms with E-state index in [0.29, 0.717) is 24.2 Å². The maximum absolute atomic E-state index is 12.6. The predicted molar refractivity (Wildman–Crippen MR) is 116 cm³/mol. The first kappa shape index (κ1) is 21.5. The number of amides is 1. The van der Waals surface area contributed by atoms with Gasteiger partial charge in [-0.05, 0) is 68.0 Å². The fourth-order valence-electron chi connectivity index (χ4n) is 3.59. The molecular weight excluding hydrogens is 384 g/mol. The monoisotopic (exact) mass is 414 g/mol. The molecule has 2 aromatic rings. The third-order valence-electron chi connectivity index (χ3n) is 5.65. The smallest absolute Gasteiger partial charge is 0.251 e. The molecule has 0 aromatic heterocycles. The second-order valence-corrected chi connectivity index (χ2v) is 9.92. The van der Waals surface area contributed by atoms with Gasteiger partial charge in [-0.3, -0.25) is 4.79 Å². The van der Waals surface area contributed by atoms with Crippen molar-refractivity contribution < 1.29 is 13.2 Å². The molecule has 0 aliphatic carbocycles. The first-order valence-electron chi connectivity index (χ1n) is 10.2. The van der Waals surface area contributed by atoms with Gasteiger partial charge in [-0.25, -0.2) is 12.7 Å². The molecule has 1 aliphatic rings. The van der Waals surface area contributed by atoms with Crippen LogP contribution < -0.4 is 5.32 Å². The SMILES string of the molecule is Cc1ccc([C@H](C)NC(=O)c2ccc(CS(=O)(=O)N3CCCCC3)cc2)cc1C. The van der Waals surface area contributed by atoms with Gasteiger partial charge in [0.05, 0.1) is 11.8 Å². The van der Waals surface area contributed by atoms with E-state index in [9.17, 15) is 13.2 Å². The Morgan fingerprint density at radius 3 is 2.28 bits per heavy atom. The van der Waals surface area contributed by atoms with E-state index in [4.69, 9.17) is 0 Å². The van der Waals surface area contributed by atoms with E-state index < -0.39 is 10.0 Å². The largest absolute Gasteiger partial charge is 0.346 e. The lowest BCUT2D eigenvalue weighted by Crippen LogP contribution is -2.36. The highest BCUT2D eigenvalue weighted by Crippen LogP contribution is 2.19. The molecule has 156 valence electrons. The topological polar surface area (TPSA) is 66.5 Å². The van der Waals surface area contributed by atoms with Crippen LogP contribution in [-0.2, 0) is 15.8 Å². The Morgan fingerprint density at radius 1 is 1.00 bits per heavy atom. The van der Waals surface area contributed by atoms with Gasteiger partial charge in [0, 0.05) is 18.7 Å². The van der Waals surface area contributed by atoms with E-state index in [1.807, 2.05) is 13.0 Å². The second-order valence-electron chi connectivity index (χ2n) is 7.95. The highest BCUT2D eigenvalue weighted by Gasteiger charge is 2.24. The van der Waals surface area contributed by atoms with Gasteiger partial charge in [-0.15, -0.1) is 0 Å². The zero-order chi connectivity index (χ0) is 21.0. The van der Waals surface area contributed by atoms with Gasteiger partial charge in [-0.1, -0.05) is 36.8 Å². The van der Waals surface area contributed by atoms with Gasteiger partial charge < -0.3 is 5.32 Å². The van der Waals surface area contributed by atoms with Crippen LogP contribution in [0.25, 0.3) is 0 Å². The summed E-state index contributed by atoms with van der Waals surface area (Å²) >= 11 is 0. The molecule has 1 N–H and O–H groups in total. The number of carbonyl (C=O) groups excluding carboxylic acids is 1. The maximum atomic E-state index is 12.6. The van der Waals surface area contributed by atoms with Crippen molar-refractivity contribution >= 4 is 15.9 Å². The van der Waals surface area contributed by atoms with Crippen LogP contribution in [-0.4, -0.2) is 31.7 Å². The number of benzene rings is 2. The number of carbonyl (C=O) groups is 1. The van der Waals surface area contributed by atoms with E-state index in [1.165, 1.54) is 11.1 Å². The molecular formula is C23H30N2O3S. The van der Waals surface area contributed by atoms with E-state index in [0.717, 1.165) is 24.8 Å². The molecule has 2 aromatic carbocycles. The highest BCUT2D eigenvalue weighted by molar-refractivity contribution is 7.88. The van der Waals surface area contributed by atoms with Crippen molar-refractivity contribution in [1.82, 2.24) is 9.62 Å². The number of hydrogen-bond donors (Lipinski definition) is 1. The zero-order valence-electron chi connectivity index (χ0n) is 17.4. The Morgan fingerprint density at radius 2 is 1.66 bits per heavy atom. The molecule has 5 nitrogen and oxygen atoms in total. The summed E-state index contributed by atoms with van der Waals surface area (Å²) in [6.45, 7) is 7.30. The van der Waals surface area contributed by atoms with E-state index in [-0.39, 0.29) is 17.7 Å². The quantitative estimate of drug-likeness (QED) is 0.773. The number of nitrogens with zero attached hydrogens (tertiary/aromatic N) is 1. The molecule has 1 amide bonds. The normalized spacial score (nSPS) is 16.4. The summed E-state index contributed by atoms with van der Waals surface area (Å²) in [6.07, 6.45) is 2.95. The lowest BCUT2D eigenvalue weighted by molar-refractivity contribution is 0.0940. The molecule has 0 spiro atoms. The minimum Gasteiger partial charge on any atom is -0.346 e. The van der Waals surface area contributed by atoms with E-state index in [2.05, 4.69) is 31.3 Å². The van der Waals surface area contributed by atoms with Crippen LogP contribution in [0.15, 0.2) is 42.5 Å². The van der Waals surface area contributed by atoms with Crippen molar-refractivity contribution in [3.05, 3.63) is 70.3 Å². The molecule has 6 heteroatoms. The highest BCUT2D eigenvalue weighted by atomic mass is 32.2. The number of aryl methyl sites for hydroxylation is 2. The molecule has 0 saturated carbocycles. The van der Waals surface area contributed by atoms with Crippen LogP contribution in [0, 0.1) is 13.8 Å². The van der Waals surface area contributed by atoms with Crippen LogP contribution in [0.3, 0.4) is 0 Å². The summed E-state index contributed by atoms with van der Waals surface area (Å²) in [4.78, 5) is 12.6. The molecule has 0 unspecified atom stereocenters. The number of rotatable bonds is 6. The van der Waals surface area contributed by atoms with Crippen molar-refractivity contribution in [3.8, 4) is 0 Å². The fraction of sp³-hybridized carbons (Fsp3) is 0.435. The molecule has 1 heterocycles. The average molecular weight is 415 g/mol. The number of piperidine rings is 1. The Balaban J connectivity index is 1.63. The zero-order valence-corrected chi connectivity index (χ0v) is 18.3. The number of hydrogen-bond acceptors (Lipinski definition) is 3. The van der Waals surface area contributed by atoms with Crippen molar-refractivity contribution in [2.24, 2.45) is 0 Å². The van der Waals surface area contributed by atoms with Crippen molar-refractivity contribution in [2.45, 2.75) is 51.8 Å². The van der Waals surface area contributed by atoms with Gasteiger partial charge >= 0.3 is 0 Å². The Labute approximate surface area is 174 Å². The van der Waals surface area contributed by atoms with Gasteiger partial charge in [0.15, 0.2) is 0 Å². The maximum Gasteiger partial charge on any atom is 0.251 e. The molecule has 1 fully saturated rings. The van der Waals surface area contributed by atoms with Gasteiger partial charge in [0.25, 0.3) is 5.91 Å². The summed E-state index contributed by atoms with van der Waals surface area (Å²) in [5.74, 6) is -0.185. The average Bonchev–Trinajstić information content (AvgIpc) is 2.71. The fourth-order valence-corrected chi connectivity index (χ4v) is 5.21. The Bertz CT molecular complexity index is 962. The molecule has 1 saturated heterocycles. The number of nitrogens with one attached hydrogen (secondary N) is 1. The summed E-state index contributed by atoms with van der Waals surface area (Å²) in [7, 11) is -3.30. The van der Waals surface area contributed by atoms with Gasteiger partial charge in [0.1, 0.15) is 0 Å². The minimum atomic E-state index is -3.30. The van der Waals surface area contributed by atoms with Crippen LogP contribution >= 0.6 is 0 Å². The van der Waals surface area contributed by atoms with Gasteiger partial charge in [0.2, 0.25) is 10.0 Å².